The summed E-state index contributed by atoms with van der Waals surface area (Å²) < 4.78 is 16.8. The first-order chi connectivity index (χ1) is 19.1. The van der Waals surface area contributed by atoms with E-state index in [2.05, 4.69) is 29.6 Å². The SMILES string of the molecule is CNCc1ccccc1C1CCC(Cc2cc(Cl)cc(O[C@H]3C[C@@H](C(=O)OC)N(C(=O)OC(C)(C)C)C3)c2)CC1. The Bertz CT molecular complexity index is 1170. The number of nitrogens with zero attached hydrogens (tertiary/aromatic N) is 1. The summed E-state index contributed by atoms with van der Waals surface area (Å²) in [4.78, 5) is 26.6. The summed E-state index contributed by atoms with van der Waals surface area (Å²) in [7, 11) is 3.32. The van der Waals surface area contributed by atoms with Crippen molar-refractivity contribution in [2.75, 3.05) is 20.7 Å². The smallest absolute Gasteiger partial charge is 0.411 e. The van der Waals surface area contributed by atoms with Crippen molar-refractivity contribution in [3.8, 4) is 5.75 Å². The van der Waals surface area contributed by atoms with Crippen molar-refractivity contribution in [2.45, 2.75) is 89.5 Å². The third kappa shape index (κ3) is 7.91. The van der Waals surface area contributed by atoms with Gasteiger partial charge in [-0.2, -0.15) is 0 Å². The van der Waals surface area contributed by atoms with E-state index in [1.807, 2.05) is 19.2 Å². The predicted octanol–water partition coefficient (Wildman–Crippen LogP) is 6.51. The van der Waals surface area contributed by atoms with Gasteiger partial charge in [-0.15, -0.1) is 0 Å². The fraction of sp³-hybridized carbons (Fsp3) is 0.562. The maximum atomic E-state index is 12.8. The molecule has 0 spiro atoms. The van der Waals surface area contributed by atoms with Gasteiger partial charge in [0.1, 0.15) is 23.5 Å². The molecule has 2 aliphatic rings. The number of esters is 1. The lowest BCUT2D eigenvalue weighted by Gasteiger charge is -2.30. The minimum Gasteiger partial charge on any atom is -0.488 e. The van der Waals surface area contributed by atoms with Crippen LogP contribution in [0, 0.1) is 5.92 Å². The minimum absolute atomic E-state index is 0.232. The zero-order valence-electron chi connectivity index (χ0n) is 24.4. The number of rotatable bonds is 8. The summed E-state index contributed by atoms with van der Waals surface area (Å²) in [5.74, 6) is 1.37. The Kier molecular flexibility index (Phi) is 10.0. The monoisotopic (exact) mass is 570 g/mol. The lowest BCUT2D eigenvalue weighted by Crippen LogP contribution is -2.44. The first kappa shape index (κ1) is 30.2. The molecule has 1 saturated heterocycles. The molecule has 0 aromatic heterocycles. The average Bonchev–Trinajstić information content (AvgIpc) is 3.32. The van der Waals surface area contributed by atoms with Crippen LogP contribution in [0.5, 0.6) is 5.75 Å². The third-order valence-electron chi connectivity index (χ3n) is 7.83. The van der Waals surface area contributed by atoms with Crippen LogP contribution in [0.1, 0.15) is 75.5 Å². The minimum atomic E-state index is -0.753. The van der Waals surface area contributed by atoms with E-state index in [0.29, 0.717) is 29.0 Å². The third-order valence-corrected chi connectivity index (χ3v) is 8.05. The molecule has 4 rings (SSSR count). The highest BCUT2D eigenvalue weighted by Crippen LogP contribution is 2.39. The van der Waals surface area contributed by atoms with Crippen molar-refractivity contribution in [2.24, 2.45) is 5.92 Å². The van der Waals surface area contributed by atoms with Gasteiger partial charge in [-0.05, 0) is 107 Å². The molecule has 7 nitrogen and oxygen atoms in total. The normalized spacial score (nSPS) is 23.1. The molecule has 1 saturated carbocycles. The first-order valence-electron chi connectivity index (χ1n) is 14.3. The molecule has 0 unspecified atom stereocenters. The van der Waals surface area contributed by atoms with Gasteiger partial charge < -0.3 is 19.5 Å². The highest BCUT2D eigenvalue weighted by Gasteiger charge is 2.43. The number of nitrogens with one attached hydrogen (secondary N) is 1. The average molecular weight is 571 g/mol. The number of hydrogen-bond donors (Lipinski definition) is 1. The highest BCUT2D eigenvalue weighted by atomic mass is 35.5. The molecule has 1 amide bonds. The van der Waals surface area contributed by atoms with Gasteiger partial charge in [-0.3, -0.25) is 4.90 Å². The molecule has 1 heterocycles. The van der Waals surface area contributed by atoms with Gasteiger partial charge in [-0.1, -0.05) is 35.9 Å². The molecular weight excluding hydrogens is 528 g/mol. The van der Waals surface area contributed by atoms with Crippen molar-refractivity contribution >= 4 is 23.7 Å². The first-order valence-corrected chi connectivity index (χ1v) is 14.7. The molecule has 2 atom stereocenters. The van der Waals surface area contributed by atoms with Crippen LogP contribution in [-0.2, 0) is 27.2 Å². The van der Waals surface area contributed by atoms with Gasteiger partial charge in [-0.25, -0.2) is 9.59 Å². The van der Waals surface area contributed by atoms with Crippen LogP contribution in [0.3, 0.4) is 0 Å². The van der Waals surface area contributed by atoms with Gasteiger partial charge in [0.25, 0.3) is 0 Å². The van der Waals surface area contributed by atoms with E-state index in [9.17, 15) is 9.59 Å². The van der Waals surface area contributed by atoms with E-state index in [1.54, 1.807) is 26.8 Å². The van der Waals surface area contributed by atoms with Crippen molar-refractivity contribution in [3.05, 3.63) is 64.2 Å². The summed E-state index contributed by atoms with van der Waals surface area (Å²) in [6.07, 6.45) is 5.07. The maximum absolute atomic E-state index is 12.8. The molecule has 8 heteroatoms. The number of carbonyl (C=O) groups excluding carboxylic acids is 2. The molecule has 2 fully saturated rings. The van der Waals surface area contributed by atoms with Gasteiger partial charge in [0.2, 0.25) is 0 Å². The van der Waals surface area contributed by atoms with Crippen molar-refractivity contribution in [3.63, 3.8) is 0 Å². The van der Waals surface area contributed by atoms with Crippen LogP contribution in [-0.4, -0.2) is 55.4 Å². The molecule has 2 aromatic carbocycles. The van der Waals surface area contributed by atoms with E-state index in [0.717, 1.165) is 18.5 Å². The van der Waals surface area contributed by atoms with Crippen molar-refractivity contribution in [1.29, 1.82) is 0 Å². The van der Waals surface area contributed by atoms with Gasteiger partial charge in [0, 0.05) is 18.0 Å². The van der Waals surface area contributed by atoms with E-state index in [-0.39, 0.29) is 12.6 Å². The molecule has 1 N–H and O–H groups in total. The van der Waals surface area contributed by atoms with E-state index in [4.69, 9.17) is 25.8 Å². The number of methoxy groups -OCH3 is 1. The lowest BCUT2D eigenvalue weighted by molar-refractivity contribution is -0.145. The Balaban J connectivity index is 1.38. The van der Waals surface area contributed by atoms with Gasteiger partial charge in [0.05, 0.1) is 13.7 Å². The maximum Gasteiger partial charge on any atom is 0.411 e. The van der Waals surface area contributed by atoms with E-state index in [1.165, 1.54) is 48.8 Å². The molecule has 0 radical (unpaired) electrons. The number of hydrogen-bond acceptors (Lipinski definition) is 6. The Hall–Kier alpha value is -2.77. The fourth-order valence-corrected chi connectivity index (χ4v) is 6.31. The summed E-state index contributed by atoms with van der Waals surface area (Å²) in [5, 5.41) is 3.92. The Labute approximate surface area is 243 Å². The van der Waals surface area contributed by atoms with Crippen LogP contribution in [0.2, 0.25) is 5.02 Å². The zero-order chi connectivity index (χ0) is 28.9. The molecule has 218 valence electrons. The van der Waals surface area contributed by atoms with E-state index < -0.39 is 23.7 Å². The van der Waals surface area contributed by atoms with Crippen LogP contribution < -0.4 is 10.1 Å². The number of benzene rings is 2. The summed E-state index contributed by atoms with van der Waals surface area (Å²) in [5.41, 5.74) is 3.36. The van der Waals surface area contributed by atoms with Gasteiger partial charge in [0.15, 0.2) is 0 Å². The fourth-order valence-electron chi connectivity index (χ4n) is 6.06. The van der Waals surface area contributed by atoms with Crippen molar-refractivity contribution in [1.82, 2.24) is 10.2 Å². The Morgan fingerprint density at radius 2 is 1.80 bits per heavy atom. The Morgan fingerprint density at radius 3 is 2.48 bits per heavy atom. The number of halogens is 1. The second-order valence-corrected chi connectivity index (χ2v) is 12.5. The molecule has 40 heavy (non-hydrogen) atoms. The topological polar surface area (TPSA) is 77.1 Å². The standard InChI is InChI=1S/C32H43ClN2O5/c1-32(2,3)40-31(37)35-20-27(18-29(35)30(36)38-5)39-26-16-22(15-25(33)17-26)14-21-10-12-23(13-11-21)28-9-7-6-8-24(28)19-34-4/h6-9,15-17,21,23,27,29,34H,10-14,18-20H2,1-5H3/t21?,23?,27-,29-/m0/s1. The van der Waals surface area contributed by atoms with Crippen LogP contribution in [0.25, 0.3) is 0 Å². The number of carbonyl (C=O) groups is 2. The summed E-state index contributed by atoms with van der Waals surface area (Å²) in [6.45, 7) is 6.52. The number of amides is 1. The molecule has 1 aliphatic heterocycles. The molecule has 1 aliphatic carbocycles. The van der Waals surface area contributed by atoms with Crippen LogP contribution in [0.4, 0.5) is 4.79 Å². The molecule has 2 aromatic rings. The lowest BCUT2D eigenvalue weighted by atomic mass is 9.75. The quantitative estimate of drug-likeness (QED) is 0.365. The predicted molar refractivity (Wildman–Crippen MR) is 157 cm³/mol. The summed E-state index contributed by atoms with van der Waals surface area (Å²) >= 11 is 6.51. The van der Waals surface area contributed by atoms with Crippen LogP contribution in [0.15, 0.2) is 42.5 Å². The zero-order valence-corrected chi connectivity index (χ0v) is 25.1. The van der Waals surface area contributed by atoms with E-state index >= 15 is 0 Å². The number of ether oxygens (including phenoxy) is 3. The van der Waals surface area contributed by atoms with Gasteiger partial charge >= 0.3 is 12.1 Å². The second-order valence-electron chi connectivity index (χ2n) is 12.1. The highest BCUT2D eigenvalue weighted by molar-refractivity contribution is 6.30. The molecular formula is C32H43ClN2O5. The summed E-state index contributed by atoms with van der Waals surface area (Å²) in [6, 6.07) is 13.9. The Morgan fingerprint density at radius 1 is 1.07 bits per heavy atom. The van der Waals surface area contributed by atoms with Crippen LogP contribution >= 0.6 is 11.6 Å². The number of likely N-dealkylation sites (tertiary alicyclic amines) is 1. The second kappa shape index (κ2) is 13.3. The molecule has 0 bridgehead atoms. The largest absolute Gasteiger partial charge is 0.488 e. The van der Waals surface area contributed by atoms with Crippen molar-refractivity contribution < 1.29 is 23.8 Å².